The van der Waals surface area contributed by atoms with E-state index in [0.29, 0.717) is 16.9 Å². The molecule has 3 aromatic rings. The Morgan fingerprint density at radius 3 is 2.73 bits per heavy atom. The number of rotatable bonds is 5. The summed E-state index contributed by atoms with van der Waals surface area (Å²) in [6.07, 6.45) is 2.89. The number of aliphatic hydroxyl groups excluding tert-OH is 1. The van der Waals surface area contributed by atoms with Crippen molar-refractivity contribution in [3.63, 3.8) is 0 Å². The topological polar surface area (TPSA) is 61.3 Å². The van der Waals surface area contributed by atoms with E-state index in [-0.39, 0.29) is 0 Å². The summed E-state index contributed by atoms with van der Waals surface area (Å²) in [6, 6.07) is 16.1. The van der Waals surface area contributed by atoms with Gasteiger partial charge >= 0.3 is 0 Å². The Kier molecular flexibility index (Phi) is 5.09. The van der Waals surface area contributed by atoms with Gasteiger partial charge in [-0.25, -0.2) is 4.98 Å². The maximum atomic E-state index is 9.87. The summed E-state index contributed by atoms with van der Waals surface area (Å²) >= 11 is 6.13. The Morgan fingerprint density at radius 1 is 1.10 bits per heavy atom. The first-order valence-electron chi connectivity index (χ1n) is 10.5. The molecule has 0 spiro atoms. The highest BCUT2D eigenvalue weighted by molar-refractivity contribution is 6.30. The van der Waals surface area contributed by atoms with Gasteiger partial charge in [0.15, 0.2) is 0 Å². The smallest absolute Gasteiger partial charge is 0.229 e. The molecule has 1 fully saturated rings. The van der Waals surface area contributed by atoms with Crippen LogP contribution < -0.4 is 10.2 Å². The zero-order chi connectivity index (χ0) is 20.7. The van der Waals surface area contributed by atoms with Crippen LogP contribution in [0.5, 0.6) is 0 Å². The molecule has 0 amide bonds. The molecule has 0 unspecified atom stereocenters. The van der Waals surface area contributed by atoms with Crippen molar-refractivity contribution in [3.8, 4) is 0 Å². The third kappa shape index (κ3) is 4.13. The van der Waals surface area contributed by atoms with E-state index >= 15 is 0 Å². The highest BCUT2D eigenvalue weighted by Gasteiger charge is 2.28. The van der Waals surface area contributed by atoms with Gasteiger partial charge in [0, 0.05) is 35.8 Å². The fourth-order valence-corrected chi connectivity index (χ4v) is 4.17. The number of hydrogen-bond acceptors (Lipinski definition) is 5. The van der Waals surface area contributed by atoms with Crippen molar-refractivity contribution in [2.45, 2.75) is 44.8 Å². The summed E-state index contributed by atoms with van der Waals surface area (Å²) in [5.41, 5.74) is 5.59. The van der Waals surface area contributed by atoms with Crippen LogP contribution in [0.15, 0.2) is 48.5 Å². The van der Waals surface area contributed by atoms with Gasteiger partial charge in [-0.1, -0.05) is 35.9 Å². The molecular weight excluding hydrogens is 396 g/mol. The van der Waals surface area contributed by atoms with E-state index in [1.807, 2.05) is 37.3 Å². The van der Waals surface area contributed by atoms with E-state index < -0.39 is 6.10 Å². The number of halogens is 1. The van der Waals surface area contributed by atoms with E-state index in [1.165, 1.54) is 24.0 Å². The van der Waals surface area contributed by atoms with Gasteiger partial charge in [0.2, 0.25) is 5.95 Å². The molecule has 2 aliphatic rings. The number of benzene rings is 2. The molecule has 1 atom stereocenters. The molecule has 1 aromatic heterocycles. The van der Waals surface area contributed by atoms with E-state index in [9.17, 15) is 5.11 Å². The minimum atomic E-state index is -0.434. The maximum absolute atomic E-state index is 9.87. The van der Waals surface area contributed by atoms with Crippen LogP contribution >= 0.6 is 11.6 Å². The largest absolute Gasteiger partial charge is 0.389 e. The van der Waals surface area contributed by atoms with E-state index in [2.05, 4.69) is 28.4 Å². The number of nitrogens with one attached hydrogen (secondary N) is 1. The minimum Gasteiger partial charge on any atom is -0.389 e. The molecule has 0 radical (unpaired) electrons. The van der Waals surface area contributed by atoms with Crippen LogP contribution in [0.4, 0.5) is 17.5 Å². The molecule has 1 saturated carbocycles. The van der Waals surface area contributed by atoms with Crippen LogP contribution in [-0.2, 0) is 13.0 Å². The van der Waals surface area contributed by atoms with Crippen LogP contribution in [0.25, 0.3) is 0 Å². The maximum Gasteiger partial charge on any atom is 0.229 e. The lowest BCUT2D eigenvalue weighted by atomic mass is 9.96. The normalized spacial score (nSPS) is 16.8. The average molecular weight is 421 g/mol. The quantitative estimate of drug-likeness (QED) is 0.581. The van der Waals surface area contributed by atoms with Gasteiger partial charge in [-0.2, -0.15) is 4.98 Å². The summed E-state index contributed by atoms with van der Waals surface area (Å²) in [7, 11) is 0. The third-order valence-electron chi connectivity index (χ3n) is 5.86. The van der Waals surface area contributed by atoms with Gasteiger partial charge in [-0.3, -0.25) is 0 Å². The highest BCUT2D eigenvalue weighted by atomic mass is 35.5. The Bertz CT molecular complexity index is 1080. The standard InChI is InChI=1S/C24H25ClN4O/c1-15(30)17-7-8-19-14-29(10-9-18(19)11-17)23-13-22(16-5-6-16)27-24(28-23)26-21-4-2-3-20(25)12-21/h2-4,7-8,11-13,15-16,30H,5-6,9-10,14H2,1H3,(H,26,27,28)/t15-/m1/s1. The van der Waals surface area contributed by atoms with Crippen LogP contribution in [0.1, 0.15) is 54.2 Å². The lowest BCUT2D eigenvalue weighted by Gasteiger charge is -2.30. The molecular formula is C24H25ClN4O. The highest BCUT2D eigenvalue weighted by Crippen LogP contribution is 2.40. The summed E-state index contributed by atoms with van der Waals surface area (Å²) in [4.78, 5) is 11.9. The fraction of sp³-hybridized carbons (Fsp3) is 0.333. The van der Waals surface area contributed by atoms with Gasteiger partial charge < -0.3 is 15.3 Å². The summed E-state index contributed by atoms with van der Waals surface area (Å²) in [5.74, 6) is 2.12. The Labute approximate surface area is 181 Å². The second kappa shape index (κ2) is 7.89. The number of aliphatic hydroxyl groups is 1. The Morgan fingerprint density at radius 2 is 1.97 bits per heavy atom. The number of fused-ring (bicyclic) bond motifs is 1. The number of aromatic nitrogens is 2. The van der Waals surface area contributed by atoms with Crippen molar-refractivity contribution in [1.29, 1.82) is 0 Å². The predicted molar refractivity (Wildman–Crippen MR) is 121 cm³/mol. The van der Waals surface area contributed by atoms with Gasteiger partial charge in [0.25, 0.3) is 0 Å². The van der Waals surface area contributed by atoms with Crippen molar-refractivity contribution in [1.82, 2.24) is 9.97 Å². The van der Waals surface area contributed by atoms with Crippen molar-refractivity contribution in [2.24, 2.45) is 0 Å². The predicted octanol–water partition coefficient (Wildman–Crippen LogP) is 5.37. The summed E-state index contributed by atoms with van der Waals surface area (Å²) in [5, 5.41) is 13.9. The second-order valence-electron chi connectivity index (χ2n) is 8.26. The van der Waals surface area contributed by atoms with Crippen molar-refractivity contribution < 1.29 is 5.11 Å². The zero-order valence-electron chi connectivity index (χ0n) is 17.0. The number of hydrogen-bond donors (Lipinski definition) is 2. The zero-order valence-corrected chi connectivity index (χ0v) is 17.7. The van der Waals surface area contributed by atoms with Gasteiger partial charge in [-0.05, 0) is 61.1 Å². The first-order chi connectivity index (χ1) is 14.5. The lowest BCUT2D eigenvalue weighted by molar-refractivity contribution is 0.199. The minimum absolute atomic E-state index is 0.434. The molecule has 2 N–H and O–H groups in total. The summed E-state index contributed by atoms with van der Waals surface area (Å²) in [6.45, 7) is 3.52. The lowest BCUT2D eigenvalue weighted by Crippen LogP contribution is -2.31. The van der Waals surface area contributed by atoms with Crippen molar-refractivity contribution in [2.75, 3.05) is 16.8 Å². The van der Waals surface area contributed by atoms with Crippen LogP contribution in [0.2, 0.25) is 5.02 Å². The molecule has 0 saturated heterocycles. The van der Waals surface area contributed by atoms with E-state index in [0.717, 1.165) is 42.3 Å². The second-order valence-corrected chi connectivity index (χ2v) is 8.70. The van der Waals surface area contributed by atoms with Crippen LogP contribution in [0, 0.1) is 0 Å². The van der Waals surface area contributed by atoms with Crippen LogP contribution in [0.3, 0.4) is 0 Å². The molecule has 6 heteroatoms. The van der Waals surface area contributed by atoms with Gasteiger partial charge in [-0.15, -0.1) is 0 Å². The number of nitrogens with zero attached hydrogens (tertiary/aromatic N) is 3. The molecule has 30 heavy (non-hydrogen) atoms. The first-order valence-corrected chi connectivity index (χ1v) is 10.9. The molecule has 5 rings (SSSR count). The first kappa shape index (κ1) is 19.3. The van der Waals surface area contributed by atoms with E-state index in [1.54, 1.807) is 0 Å². The third-order valence-corrected chi connectivity index (χ3v) is 6.09. The summed E-state index contributed by atoms with van der Waals surface area (Å²) < 4.78 is 0. The SMILES string of the molecule is C[C@@H](O)c1ccc2c(c1)CCN(c1cc(C3CC3)nc(Nc3cccc(Cl)c3)n1)C2. The molecule has 154 valence electrons. The van der Waals surface area contributed by atoms with Crippen molar-refractivity contribution >= 4 is 29.1 Å². The number of anilines is 3. The van der Waals surface area contributed by atoms with Crippen LogP contribution in [-0.4, -0.2) is 21.6 Å². The molecule has 2 heterocycles. The molecule has 0 bridgehead atoms. The van der Waals surface area contributed by atoms with Gasteiger partial charge in [0.1, 0.15) is 5.82 Å². The molecule has 5 nitrogen and oxygen atoms in total. The van der Waals surface area contributed by atoms with E-state index in [4.69, 9.17) is 21.6 Å². The average Bonchev–Trinajstić information content (AvgIpc) is 3.58. The Hall–Kier alpha value is -2.63. The molecule has 1 aliphatic carbocycles. The van der Waals surface area contributed by atoms with Crippen molar-refractivity contribution in [3.05, 3.63) is 75.9 Å². The van der Waals surface area contributed by atoms with Gasteiger partial charge in [0.05, 0.1) is 11.8 Å². The fourth-order valence-electron chi connectivity index (χ4n) is 3.98. The molecule has 1 aliphatic heterocycles. The monoisotopic (exact) mass is 420 g/mol. The Balaban J connectivity index is 1.43. The molecule has 2 aromatic carbocycles.